The average molecular weight is 564 g/mol. The van der Waals surface area contributed by atoms with Gasteiger partial charge in [-0.05, 0) is 42.7 Å². The molecule has 1 amide bonds. The molecule has 3 aromatic rings. The van der Waals surface area contributed by atoms with Crippen molar-refractivity contribution in [1.82, 2.24) is 30.2 Å². The lowest BCUT2D eigenvalue weighted by atomic mass is 9.95. The number of aromatic hydroxyl groups is 1. The van der Waals surface area contributed by atoms with Crippen LogP contribution in [0.2, 0.25) is 0 Å². The normalized spacial score (nSPS) is 17.9. The second kappa shape index (κ2) is 12.2. The summed E-state index contributed by atoms with van der Waals surface area (Å²) < 4.78 is 0. The fourth-order valence-corrected chi connectivity index (χ4v) is 4.92. The largest absolute Gasteiger partial charge is 0.507 e. The summed E-state index contributed by atoms with van der Waals surface area (Å²) in [6, 6.07) is 10.3. The minimum absolute atomic E-state index is 0.000598. The van der Waals surface area contributed by atoms with E-state index in [-0.39, 0.29) is 41.6 Å². The Bertz CT molecular complexity index is 1640. The van der Waals surface area contributed by atoms with Crippen molar-refractivity contribution in [2.75, 3.05) is 24.5 Å². The van der Waals surface area contributed by atoms with E-state index in [2.05, 4.69) is 42.0 Å². The zero-order valence-electron chi connectivity index (χ0n) is 22.5. The van der Waals surface area contributed by atoms with E-state index < -0.39 is 5.91 Å². The molecule has 1 aromatic carbocycles. The highest BCUT2D eigenvalue weighted by Crippen LogP contribution is 2.37. The zero-order valence-corrected chi connectivity index (χ0v) is 22.5. The van der Waals surface area contributed by atoms with Gasteiger partial charge in [0.1, 0.15) is 23.1 Å². The van der Waals surface area contributed by atoms with Gasteiger partial charge in [0.25, 0.3) is 5.91 Å². The molecule has 2 atom stereocenters. The molecule has 13 nitrogen and oxygen atoms in total. The second-order valence-electron chi connectivity index (χ2n) is 9.57. The van der Waals surface area contributed by atoms with Crippen molar-refractivity contribution in [3.63, 3.8) is 0 Å². The predicted octanol–water partition coefficient (Wildman–Crippen LogP) is 0.591. The Kier molecular flexibility index (Phi) is 8.05. The summed E-state index contributed by atoms with van der Waals surface area (Å²) in [6.45, 7) is 1.39. The molecule has 2 fully saturated rings. The van der Waals surface area contributed by atoms with E-state index in [1.807, 2.05) is 11.0 Å². The van der Waals surface area contributed by atoms with Gasteiger partial charge in [0.05, 0.1) is 30.0 Å². The molecule has 2 unspecified atom stereocenters. The molecule has 2 aliphatic rings. The number of aromatic nitrogens is 4. The minimum atomic E-state index is -0.487. The Labute approximate surface area is 242 Å². The van der Waals surface area contributed by atoms with Gasteiger partial charge in [-0.25, -0.2) is 19.9 Å². The number of phenolic OH excluding ortho intramolecular Hbond substituents is 1. The molecular weight excluding hydrogens is 534 g/mol. The summed E-state index contributed by atoms with van der Waals surface area (Å²) in [7, 11) is 0. The Morgan fingerprint density at radius 1 is 1.10 bits per heavy atom. The molecule has 0 saturated carbocycles. The lowest BCUT2D eigenvalue weighted by Crippen LogP contribution is -2.62. The molecule has 0 bridgehead atoms. The van der Waals surface area contributed by atoms with Crippen LogP contribution in [0.3, 0.4) is 0 Å². The zero-order chi connectivity index (χ0) is 29.6. The molecule has 4 heterocycles. The van der Waals surface area contributed by atoms with Gasteiger partial charge in [-0.1, -0.05) is 18.1 Å². The Balaban J connectivity index is 1.20. The van der Waals surface area contributed by atoms with Crippen molar-refractivity contribution >= 4 is 29.3 Å². The number of amidine groups is 1. The fourth-order valence-electron chi connectivity index (χ4n) is 4.92. The molecule has 0 aliphatic carbocycles. The van der Waals surface area contributed by atoms with Gasteiger partial charge in [0.2, 0.25) is 5.82 Å². The Hall–Kier alpha value is -5.77. The standard InChI is InChI=1S/C29H29N11O2/c30-19(18-5-1-2-6-24(18)41)15-22(28(32)33)40-17-23-21(40)9-14-39(23)27-8-13-36-25(38-27)7-3-10-37-29(42)20(31)16-26-34-11-4-12-35-26/h1-2,4-6,8,11-13,15-16,21,23,30,41H,9-10,14,17,31H2,(H3,32,33)(H,37,42)/b20-16-,22-15+,30-19?. The molecule has 2 saturated heterocycles. The SMILES string of the molecule is N=C(N)/C(=C\C(=N)c1ccccc1O)N1CC2C1CCN2c1ccnc(C#CCNC(=O)/C(N)=C/c2ncccn2)n1. The maximum Gasteiger partial charge on any atom is 0.268 e. The maximum absolute atomic E-state index is 12.2. The van der Waals surface area contributed by atoms with Gasteiger partial charge in [-0.2, -0.15) is 0 Å². The van der Waals surface area contributed by atoms with Crippen LogP contribution in [0.15, 0.2) is 72.5 Å². The van der Waals surface area contributed by atoms with E-state index in [9.17, 15) is 9.90 Å². The summed E-state index contributed by atoms with van der Waals surface area (Å²) in [5.74, 6) is 6.48. The van der Waals surface area contributed by atoms with Gasteiger partial charge < -0.3 is 37.1 Å². The van der Waals surface area contributed by atoms with Crippen molar-refractivity contribution < 1.29 is 9.90 Å². The molecule has 0 radical (unpaired) electrons. The van der Waals surface area contributed by atoms with Gasteiger partial charge in [0, 0.05) is 43.3 Å². The highest BCUT2D eigenvalue weighted by atomic mass is 16.3. The first-order valence-electron chi connectivity index (χ1n) is 13.1. The number of benzene rings is 1. The number of fused-ring (bicyclic) bond motifs is 1. The Morgan fingerprint density at radius 3 is 2.64 bits per heavy atom. The van der Waals surface area contributed by atoms with E-state index in [0.29, 0.717) is 29.5 Å². The summed E-state index contributed by atoms with van der Waals surface area (Å²) in [5, 5.41) is 29.3. The third-order valence-electron chi connectivity index (χ3n) is 6.96. The number of hydrogen-bond acceptors (Lipinski definition) is 11. The monoisotopic (exact) mass is 563 g/mol. The molecule has 13 heteroatoms. The summed E-state index contributed by atoms with van der Waals surface area (Å²) in [5.41, 5.74) is 12.6. The molecule has 2 aliphatic heterocycles. The van der Waals surface area contributed by atoms with Crippen molar-refractivity contribution in [3.8, 4) is 17.6 Å². The average Bonchev–Trinajstić information content (AvgIpc) is 3.31. The van der Waals surface area contributed by atoms with E-state index in [1.165, 1.54) is 18.2 Å². The third-order valence-corrected chi connectivity index (χ3v) is 6.96. The number of rotatable bonds is 8. The highest BCUT2D eigenvalue weighted by molar-refractivity contribution is 6.12. The number of allylic oxidation sites excluding steroid dienone is 1. The van der Waals surface area contributed by atoms with Crippen LogP contribution in [0.5, 0.6) is 5.75 Å². The number of carbonyl (C=O) groups excluding carboxylic acids is 1. The number of nitrogens with one attached hydrogen (secondary N) is 3. The lowest BCUT2D eigenvalue weighted by Gasteiger charge is -2.49. The highest BCUT2D eigenvalue weighted by Gasteiger charge is 2.48. The van der Waals surface area contributed by atoms with Gasteiger partial charge in [-0.15, -0.1) is 0 Å². The number of likely N-dealkylation sites (tertiary alicyclic amines) is 1. The smallest absolute Gasteiger partial charge is 0.268 e. The van der Waals surface area contributed by atoms with Crippen molar-refractivity contribution in [2.24, 2.45) is 11.5 Å². The van der Waals surface area contributed by atoms with Crippen LogP contribution < -0.4 is 21.7 Å². The minimum Gasteiger partial charge on any atom is -0.507 e. The summed E-state index contributed by atoms with van der Waals surface area (Å²) >= 11 is 0. The molecule has 5 rings (SSSR count). The van der Waals surface area contributed by atoms with Gasteiger partial charge in [-0.3, -0.25) is 10.2 Å². The number of para-hydroxylation sites is 1. The number of phenols is 1. The first-order chi connectivity index (χ1) is 20.3. The van der Waals surface area contributed by atoms with Crippen LogP contribution in [0.25, 0.3) is 6.08 Å². The molecule has 0 spiro atoms. The number of anilines is 1. The molecule has 42 heavy (non-hydrogen) atoms. The number of carbonyl (C=O) groups is 1. The van der Waals surface area contributed by atoms with E-state index in [1.54, 1.807) is 42.9 Å². The van der Waals surface area contributed by atoms with Crippen LogP contribution >= 0.6 is 0 Å². The van der Waals surface area contributed by atoms with Gasteiger partial charge in [0.15, 0.2) is 5.82 Å². The van der Waals surface area contributed by atoms with Crippen LogP contribution in [-0.4, -0.2) is 79.1 Å². The van der Waals surface area contributed by atoms with E-state index in [0.717, 1.165) is 18.8 Å². The first-order valence-corrected chi connectivity index (χ1v) is 13.1. The second-order valence-corrected chi connectivity index (χ2v) is 9.57. The summed E-state index contributed by atoms with van der Waals surface area (Å²) in [6.07, 6.45) is 8.49. The number of hydrogen-bond donors (Lipinski definition) is 6. The van der Waals surface area contributed by atoms with Gasteiger partial charge >= 0.3 is 0 Å². The molecular formula is C29H29N11O2. The maximum atomic E-state index is 12.2. The van der Waals surface area contributed by atoms with Crippen molar-refractivity contribution in [3.05, 3.63) is 89.7 Å². The number of nitrogens with zero attached hydrogens (tertiary/aromatic N) is 6. The summed E-state index contributed by atoms with van der Waals surface area (Å²) in [4.78, 5) is 33.2. The third kappa shape index (κ3) is 6.02. The van der Waals surface area contributed by atoms with Crippen LogP contribution in [-0.2, 0) is 4.79 Å². The van der Waals surface area contributed by atoms with E-state index >= 15 is 0 Å². The number of nitrogens with two attached hydrogens (primary N) is 2. The fraction of sp³-hybridized carbons (Fsp3) is 0.207. The Morgan fingerprint density at radius 2 is 1.88 bits per heavy atom. The van der Waals surface area contributed by atoms with Crippen molar-refractivity contribution in [1.29, 1.82) is 10.8 Å². The van der Waals surface area contributed by atoms with Crippen LogP contribution in [0.4, 0.5) is 5.82 Å². The van der Waals surface area contributed by atoms with Crippen LogP contribution in [0.1, 0.15) is 23.6 Å². The molecule has 2 aromatic heterocycles. The molecule has 212 valence electrons. The molecule has 8 N–H and O–H groups in total. The van der Waals surface area contributed by atoms with Crippen molar-refractivity contribution in [2.45, 2.75) is 18.5 Å². The topological polar surface area (TPSA) is 207 Å². The predicted molar refractivity (Wildman–Crippen MR) is 157 cm³/mol. The quantitative estimate of drug-likeness (QED) is 0.0973. The first kappa shape index (κ1) is 27.8. The van der Waals surface area contributed by atoms with E-state index in [4.69, 9.17) is 22.3 Å². The van der Waals surface area contributed by atoms with Crippen LogP contribution in [0, 0.1) is 22.7 Å². The lowest BCUT2D eigenvalue weighted by molar-refractivity contribution is -0.117. The number of amides is 1.